The van der Waals surface area contributed by atoms with Crippen LogP contribution in [0.25, 0.3) is 0 Å². The first-order valence-electron chi connectivity index (χ1n) is 7.78. The summed E-state index contributed by atoms with van der Waals surface area (Å²) in [7, 11) is 2.64. The Morgan fingerprint density at radius 3 is 2.04 bits per heavy atom. The van der Waals surface area contributed by atoms with Crippen LogP contribution < -0.4 is 5.32 Å². The third-order valence-electron chi connectivity index (χ3n) is 3.67. The van der Waals surface area contributed by atoms with Gasteiger partial charge < -0.3 is 10.2 Å². The van der Waals surface area contributed by atoms with Crippen LogP contribution >= 0.6 is 0 Å². The molecule has 0 aliphatic heterocycles. The first-order valence-corrected chi connectivity index (χ1v) is 9.22. The molecule has 26 heavy (non-hydrogen) atoms. The molecule has 0 aromatic heterocycles. The van der Waals surface area contributed by atoms with Gasteiger partial charge in [-0.3, -0.25) is 9.59 Å². The second-order valence-electron chi connectivity index (χ2n) is 6.05. The molecule has 0 aliphatic rings. The molecule has 7 nitrogen and oxygen atoms in total. The number of nitrogens with one attached hydrogen (secondary N) is 1. The molecule has 2 amide bonds. The Bertz CT molecular complexity index is 920. The quantitative estimate of drug-likeness (QED) is 0.865. The van der Waals surface area contributed by atoms with Crippen molar-refractivity contribution in [2.24, 2.45) is 0 Å². The van der Waals surface area contributed by atoms with Gasteiger partial charge in [-0.1, -0.05) is 6.07 Å². The summed E-state index contributed by atoms with van der Waals surface area (Å²) >= 11 is 0. The monoisotopic (exact) mass is 375 g/mol. The summed E-state index contributed by atoms with van der Waals surface area (Å²) in [5, 5.41) is 2.70. The van der Waals surface area contributed by atoms with Crippen molar-refractivity contribution < 1.29 is 18.0 Å². The standard InChI is InChI=1S/C18H21N3O4S/c1-20(2)18(23)14-6-5-7-15(12-14)19-17(22)13-8-10-16(11-9-13)26(24,25)21(3)4/h5-12H,1-4H3,(H,19,22). The van der Waals surface area contributed by atoms with Crippen LogP contribution in [-0.2, 0) is 10.0 Å². The van der Waals surface area contributed by atoms with E-state index >= 15 is 0 Å². The smallest absolute Gasteiger partial charge is 0.255 e. The predicted octanol–water partition coefficient (Wildman–Crippen LogP) is 1.89. The fourth-order valence-corrected chi connectivity index (χ4v) is 3.08. The average molecular weight is 375 g/mol. The Kier molecular flexibility index (Phi) is 5.79. The predicted molar refractivity (Wildman–Crippen MR) is 99.7 cm³/mol. The molecule has 0 unspecified atom stereocenters. The van der Waals surface area contributed by atoms with Crippen LogP contribution in [0.1, 0.15) is 20.7 Å². The third-order valence-corrected chi connectivity index (χ3v) is 5.50. The van der Waals surface area contributed by atoms with Crippen molar-refractivity contribution in [3.63, 3.8) is 0 Å². The van der Waals surface area contributed by atoms with Crippen molar-refractivity contribution in [1.82, 2.24) is 9.21 Å². The number of hydrogen-bond acceptors (Lipinski definition) is 4. The Morgan fingerprint density at radius 1 is 0.885 bits per heavy atom. The van der Waals surface area contributed by atoms with E-state index in [-0.39, 0.29) is 10.8 Å². The summed E-state index contributed by atoms with van der Waals surface area (Å²) < 4.78 is 25.2. The van der Waals surface area contributed by atoms with E-state index < -0.39 is 15.9 Å². The number of benzene rings is 2. The zero-order chi connectivity index (χ0) is 19.5. The fourth-order valence-electron chi connectivity index (χ4n) is 2.18. The van der Waals surface area contributed by atoms with Crippen molar-refractivity contribution in [1.29, 1.82) is 0 Å². The van der Waals surface area contributed by atoms with Crippen LogP contribution in [0.5, 0.6) is 0 Å². The number of rotatable bonds is 5. The first-order chi connectivity index (χ1) is 12.1. The van der Waals surface area contributed by atoms with Crippen molar-refractivity contribution >= 4 is 27.5 Å². The molecule has 2 aromatic carbocycles. The van der Waals surface area contributed by atoms with Gasteiger partial charge >= 0.3 is 0 Å². The molecular formula is C18H21N3O4S. The van der Waals surface area contributed by atoms with E-state index in [9.17, 15) is 18.0 Å². The van der Waals surface area contributed by atoms with E-state index in [0.29, 0.717) is 16.8 Å². The molecule has 0 saturated carbocycles. The SMILES string of the molecule is CN(C)C(=O)c1cccc(NC(=O)c2ccc(S(=O)(=O)N(C)C)cc2)c1. The van der Waals surface area contributed by atoms with Crippen LogP contribution in [0, 0.1) is 0 Å². The third kappa shape index (κ3) is 4.27. The minimum absolute atomic E-state index is 0.109. The van der Waals surface area contributed by atoms with Gasteiger partial charge in [0.1, 0.15) is 0 Å². The fraction of sp³-hybridized carbons (Fsp3) is 0.222. The highest BCUT2D eigenvalue weighted by Gasteiger charge is 2.17. The molecule has 2 rings (SSSR count). The normalized spacial score (nSPS) is 11.3. The summed E-state index contributed by atoms with van der Waals surface area (Å²) in [6, 6.07) is 12.3. The number of carbonyl (C=O) groups is 2. The Morgan fingerprint density at radius 2 is 1.50 bits per heavy atom. The second kappa shape index (κ2) is 7.67. The van der Waals surface area contributed by atoms with E-state index in [1.165, 1.54) is 43.3 Å². The largest absolute Gasteiger partial charge is 0.345 e. The van der Waals surface area contributed by atoms with Crippen molar-refractivity contribution in [2.45, 2.75) is 4.90 Å². The molecular weight excluding hydrogens is 354 g/mol. The minimum atomic E-state index is -3.54. The minimum Gasteiger partial charge on any atom is -0.345 e. The van der Waals surface area contributed by atoms with Gasteiger partial charge in [-0.15, -0.1) is 0 Å². The molecule has 0 saturated heterocycles. The van der Waals surface area contributed by atoms with Crippen LogP contribution in [0.3, 0.4) is 0 Å². The lowest BCUT2D eigenvalue weighted by molar-refractivity contribution is 0.0827. The molecule has 0 bridgehead atoms. The lowest BCUT2D eigenvalue weighted by atomic mass is 10.1. The molecule has 0 atom stereocenters. The van der Waals surface area contributed by atoms with E-state index in [0.717, 1.165) is 4.31 Å². The maximum Gasteiger partial charge on any atom is 0.255 e. The number of sulfonamides is 1. The highest BCUT2D eigenvalue weighted by molar-refractivity contribution is 7.89. The summed E-state index contributed by atoms with van der Waals surface area (Å²) in [5.74, 6) is -0.562. The summed E-state index contributed by atoms with van der Waals surface area (Å²) in [4.78, 5) is 25.9. The number of nitrogens with zero attached hydrogens (tertiary/aromatic N) is 2. The Balaban J connectivity index is 2.18. The van der Waals surface area contributed by atoms with Gasteiger partial charge in [0, 0.05) is 45.0 Å². The van der Waals surface area contributed by atoms with Crippen LogP contribution in [0.2, 0.25) is 0 Å². The zero-order valence-electron chi connectivity index (χ0n) is 15.1. The molecule has 0 aliphatic carbocycles. The van der Waals surface area contributed by atoms with Crippen LogP contribution in [0.4, 0.5) is 5.69 Å². The molecule has 0 radical (unpaired) electrons. The molecule has 138 valence electrons. The number of carbonyl (C=O) groups excluding carboxylic acids is 2. The topological polar surface area (TPSA) is 86.8 Å². The summed E-state index contributed by atoms with van der Waals surface area (Å²) in [6.45, 7) is 0. The van der Waals surface area contributed by atoms with Gasteiger partial charge in [-0.25, -0.2) is 12.7 Å². The summed E-state index contributed by atoms with van der Waals surface area (Å²) in [5.41, 5.74) is 1.25. The maximum absolute atomic E-state index is 12.4. The van der Waals surface area contributed by atoms with E-state index in [2.05, 4.69) is 5.32 Å². The van der Waals surface area contributed by atoms with E-state index in [1.54, 1.807) is 38.4 Å². The van der Waals surface area contributed by atoms with Crippen molar-refractivity contribution in [2.75, 3.05) is 33.5 Å². The Labute approximate surface area is 153 Å². The molecule has 1 N–H and O–H groups in total. The number of hydrogen-bond donors (Lipinski definition) is 1. The number of anilines is 1. The van der Waals surface area contributed by atoms with Crippen molar-refractivity contribution in [3.05, 3.63) is 59.7 Å². The first kappa shape index (κ1) is 19.6. The van der Waals surface area contributed by atoms with E-state index in [4.69, 9.17) is 0 Å². The Hall–Kier alpha value is -2.71. The average Bonchev–Trinajstić information content (AvgIpc) is 2.61. The molecule has 0 spiro atoms. The summed E-state index contributed by atoms with van der Waals surface area (Å²) in [6.07, 6.45) is 0. The molecule has 2 aromatic rings. The van der Waals surface area contributed by atoms with Gasteiger partial charge in [0.25, 0.3) is 11.8 Å². The highest BCUT2D eigenvalue weighted by Crippen LogP contribution is 2.16. The van der Waals surface area contributed by atoms with E-state index in [1.807, 2.05) is 0 Å². The molecule has 0 fully saturated rings. The van der Waals surface area contributed by atoms with Crippen LogP contribution in [-0.4, -0.2) is 57.6 Å². The van der Waals surface area contributed by atoms with Gasteiger partial charge in [-0.2, -0.15) is 0 Å². The van der Waals surface area contributed by atoms with Gasteiger partial charge in [0.15, 0.2) is 0 Å². The molecule has 0 heterocycles. The molecule has 8 heteroatoms. The van der Waals surface area contributed by atoms with Gasteiger partial charge in [0.2, 0.25) is 10.0 Å². The lowest BCUT2D eigenvalue weighted by Crippen LogP contribution is -2.22. The maximum atomic E-state index is 12.4. The zero-order valence-corrected chi connectivity index (χ0v) is 15.9. The van der Waals surface area contributed by atoms with Gasteiger partial charge in [0.05, 0.1) is 4.90 Å². The van der Waals surface area contributed by atoms with Crippen LogP contribution in [0.15, 0.2) is 53.4 Å². The highest BCUT2D eigenvalue weighted by atomic mass is 32.2. The van der Waals surface area contributed by atoms with Crippen molar-refractivity contribution in [3.8, 4) is 0 Å². The number of amides is 2. The second-order valence-corrected chi connectivity index (χ2v) is 8.20. The lowest BCUT2D eigenvalue weighted by Gasteiger charge is -2.13. The van der Waals surface area contributed by atoms with Gasteiger partial charge in [-0.05, 0) is 42.5 Å².